The number of likely N-dealkylation sites (N-methyl/N-ethyl adjacent to an activating group) is 2. The van der Waals surface area contributed by atoms with Crippen LogP contribution >= 0.6 is 0 Å². The molecule has 3 saturated carbocycles. The van der Waals surface area contributed by atoms with Crippen molar-refractivity contribution in [3.8, 4) is 0 Å². The van der Waals surface area contributed by atoms with Crippen LogP contribution in [-0.2, 0) is 4.84 Å². The van der Waals surface area contributed by atoms with Gasteiger partial charge in [0.1, 0.15) is 0 Å². The van der Waals surface area contributed by atoms with Gasteiger partial charge in [-0.3, -0.25) is 9.74 Å². The Balaban J connectivity index is 1.38. The third-order valence-electron chi connectivity index (χ3n) is 11.7. The molecule has 4 aliphatic carbocycles. The first-order valence-electron chi connectivity index (χ1n) is 16.7. The van der Waals surface area contributed by atoms with E-state index in [4.69, 9.17) is 4.84 Å². The first-order valence-corrected chi connectivity index (χ1v) is 16.7. The van der Waals surface area contributed by atoms with Crippen molar-refractivity contribution >= 4 is 11.8 Å². The highest BCUT2D eigenvalue weighted by Crippen LogP contribution is 2.66. The highest BCUT2D eigenvalue weighted by Gasteiger charge is 2.59. The number of aliphatic hydroxyl groups excluding tert-OH is 1. The maximum absolute atomic E-state index is 13.3. The molecular weight excluding hydrogens is 526 g/mol. The smallest absolute Gasteiger partial charge is 0.389 e. The minimum Gasteiger partial charge on any atom is -0.389 e. The second-order valence-electron chi connectivity index (χ2n) is 16.7. The van der Waals surface area contributed by atoms with E-state index in [1.54, 1.807) is 0 Å². The number of allylic oxidation sites excluding steroid dienone is 1. The van der Waals surface area contributed by atoms with Gasteiger partial charge in [-0.25, -0.2) is 4.79 Å². The molecule has 7 atom stereocenters. The zero-order valence-electron chi connectivity index (χ0n) is 28.4. The van der Waals surface area contributed by atoms with Crippen molar-refractivity contribution in [3.63, 3.8) is 0 Å². The third kappa shape index (κ3) is 7.59. The molecule has 4 rings (SSSR count). The number of carbonyl (C=O) groups is 1. The summed E-state index contributed by atoms with van der Waals surface area (Å²) in [7, 11) is 13.0. The number of quaternary nitrogens is 2. The van der Waals surface area contributed by atoms with Crippen molar-refractivity contribution in [3.05, 3.63) is 11.6 Å². The fraction of sp³-hybridized carbons (Fsp3) is 0.882. The van der Waals surface area contributed by atoms with Gasteiger partial charge in [0.05, 0.1) is 73.7 Å². The molecule has 0 bridgehead atoms. The van der Waals surface area contributed by atoms with Gasteiger partial charge in [-0.2, -0.15) is 0 Å². The van der Waals surface area contributed by atoms with Gasteiger partial charge < -0.3 is 19.4 Å². The number of nitrogens with one attached hydrogen (secondary N) is 1. The molecule has 240 valence electrons. The van der Waals surface area contributed by atoms with Gasteiger partial charge in [0, 0.05) is 25.6 Å². The average molecular weight is 590 g/mol. The molecule has 4 aliphatic rings. The SMILES string of the molecule is C/C(=N\OC(=O)N(CCNCC[N+](C)(C)C)CC[N+](C)(C)C)[C@H]1CC[C@H]2[C@@H]3CCC4=C[C@@H](O)CC[C@]4(C)[C@H]3CC[C@]12C. The topological polar surface area (TPSA) is 74.2 Å². The van der Waals surface area contributed by atoms with Gasteiger partial charge in [0.25, 0.3) is 0 Å². The highest BCUT2D eigenvalue weighted by molar-refractivity contribution is 5.85. The average Bonchev–Trinajstić information content (AvgIpc) is 3.25. The first kappa shape index (κ1) is 33.4. The molecule has 0 spiro atoms. The molecular formula is C34H63N5O3+2. The van der Waals surface area contributed by atoms with E-state index in [-0.39, 0.29) is 23.0 Å². The summed E-state index contributed by atoms with van der Waals surface area (Å²) in [4.78, 5) is 20.8. The van der Waals surface area contributed by atoms with Crippen molar-refractivity contribution in [1.29, 1.82) is 0 Å². The standard InChI is InChI=1S/C34H63N5O3/c1-25(36-42-32(41)37(21-23-39(7,8)9)20-18-35-19-22-38(4,5)6)29-12-13-30-28-11-10-26-24-27(40)14-16-33(26,2)31(28)15-17-34(29,30)3/h24,27-31,35,40H,10-23H2,1-9H3/q+2/b36-25+/t27-,28-,29+,30-,31-,33-,34+/m0/s1. The fourth-order valence-electron chi connectivity index (χ4n) is 9.10. The van der Waals surface area contributed by atoms with Crippen molar-refractivity contribution in [2.75, 3.05) is 81.6 Å². The Morgan fingerprint density at radius 3 is 2.38 bits per heavy atom. The predicted octanol–water partition coefficient (Wildman–Crippen LogP) is 4.74. The lowest BCUT2D eigenvalue weighted by molar-refractivity contribution is -0.869. The van der Waals surface area contributed by atoms with Gasteiger partial charge in [0.15, 0.2) is 0 Å². The summed E-state index contributed by atoms with van der Waals surface area (Å²) in [6.45, 7) is 11.9. The fourth-order valence-corrected chi connectivity index (χ4v) is 9.10. The second-order valence-corrected chi connectivity index (χ2v) is 16.7. The van der Waals surface area contributed by atoms with E-state index < -0.39 is 0 Å². The van der Waals surface area contributed by atoms with E-state index in [2.05, 4.69) is 79.6 Å². The number of hydrogen-bond acceptors (Lipinski definition) is 5. The van der Waals surface area contributed by atoms with Gasteiger partial charge in [-0.05, 0) is 86.9 Å². The Morgan fingerprint density at radius 2 is 1.69 bits per heavy atom. The quantitative estimate of drug-likeness (QED) is 0.0912. The summed E-state index contributed by atoms with van der Waals surface area (Å²) in [5, 5.41) is 18.3. The van der Waals surface area contributed by atoms with Crippen LogP contribution in [0.15, 0.2) is 16.8 Å². The Labute approximate surface area is 256 Å². The zero-order valence-corrected chi connectivity index (χ0v) is 28.4. The zero-order chi connectivity index (χ0) is 30.9. The number of hydrogen-bond donors (Lipinski definition) is 2. The van der Waals surface area contributed by atoms with Crippen LogP contribution in [0, 0.1) is 34.5 Å². The Morgan fingerprint density at radius 1 is 0.976 bits per heavy atom. The van der Waals surface area contributed by atoms with E-state index in [0.29, 0.717) is 24.9 Å². The van der Waals surface area contributed by atoms with E-state index in [9.17, 15) is 9.90 Å². The molecule has 2 N–H and O–H groups in total. The summed E-state index contributed by atoms with van der Waals surface area (Å²) in [6.07, 6.45) is 10.9. The number of carbonyl (C=O) groups excluding carboxylic acids is 1. The van der Waals surface area contributed by atoms with Crippen molar-refractivity contribution in [2.45, 2.75) is 78.2 Å². The van der Waals surface area contributed by atoms with E-state index in [1.165, 1.54) is 31.3 Å². The van der Waals surface area contributed by atoms with Gasteiger partial charge in [-0.1, -0.05) is 30.7 Å². The summed E-state index contributed by atoms with van der Waals surface area (Å²) < 4.78 is 1.71. The predicted molar refractivity (Wildman–Crippen MR) is 171 cm³/mol. The molecule has 0 aromatic heterocycles. The summed E-state index contributed by atoms with van der Waals surface area (Å²) in [5.74, 6) is 2.54. The number of rotatable bonds is 11. The van der Waals surface area contributed by atoms with Crippen molar-refractivity contribution in [2.24, 2.45) is 39.7 Å². The molecule has 0 unspecified atom stereocenters. The third-order valence-corrected chi connectivity index (χ3v) is 11.7. The van der Waals surface area contributed by atoms with Crippen LogP contribution in [0.1, 0.15) is 72.1 Å². The van der Waals surface area contributed by atoms with Crippen molar-refractivity contribution < 1.29 is 23.7 Å². The van der Waals surface area contributed by atoms with Crippen LogP contribution in [0.25, 0.3) is 0 Å². The Kier molecular flexibility index (Phi) is 10.2. The normalized spacial score (nSPS) is 35.1. The largest absolute Gasteiger partial charge is 0.436 e. The maximum atomic E-state index is 13.3. The molecule has 0 heterocycles. The molecule has 8 heteroatoms. The molecule has 8 nitrogen and oxygen atoms in total. The van der Waals surface area contributed by atoms with Crippen LogP contribution < -0.4 is 5.32 Å². The molecule has 0 aliphatic heterocycles. The number of nitrogens with zero attached hydrogens (tertiary/aromatic N) is 4. The van der Waals surface area contributed by atoms with Crippen molar-refractivity contribution in [1.82, 2.24) is 10.2 Å². The van der Waals surface area contributed by atoms with E-state index >= 15 is 0 Å². The molecule has 0 radical (unpaired) electrons. The minimum absolute atomic E-state index is 0.214. The number of fused-ring (bicyclic) bond motifs is 5. The van der Waals surface area contributed by atoms with Crippen LogP contribution in [0.2, 0.25) is 0 Å². The second kappa shape index (κ2) is 12.9. The number of aliphatic hydroxyl groups is 1. The first-order chi connectivity index (χ1) is 19.5. The van der Waals surface area contributed by atoms with Crippen LogP contribution in [0.5, 0.6) is 0 Å². The minimum atomic E-state index is -0.335. The van der Waals surface area contributed by atoms with Crippen LogP contribution in [0.3, 0.4) is 0 Å². The molecule has 0 aromatic carbocycles. The monoisotopic (exact) mass is 589 g/mol. The Hall–Kier alpha value is -1.48. The lowest BCUT2D eigenvalue weighted by Crippen LogP contribution is -2.51. The van der Waals surface area contributed by atoms with Gasteiger partial charge >= 0.3 is 6.09 Å². The van der Waals surface area contributed by atoms with Gasteiger partial charge in [0.2, 0.25) is 0 Å². The Bertz CT molecular complexity index is 1010. The molecule has 0 saturated heterocycles. The van der Waals surface area contributed by atoms with Crippen LogP contribution in [0.4, 0.5) is 4.79 Å². The lowest BCUT2D eigenvalue weighted by atomic mass is 9.46. The van der Waals surface area contributed by atoms with Gasteiger partial charge in [-0.15, -0.1) is 0 Å². The molecule has 3 fully saturated rings. The lowest BCUT2D eigenvalue weighted by Gasteiger charge is -2.58. The summed E-state index contributed by atoms with van der Waals surface area (Å²) >= 11 is 0. The molecule has 1 amide bonds. The molecule has 0 aromatic rings. The maximum Gasteiger partial charge on any atom is 0.436 e. The molecule has 42 heavy (non-hydrogen) atoms. The number of amides is 1. The summed E-state index contributed by atoms with van der Waals surface area (Å²) in [5.41, 5.74) is 2.99. The number of oxime groups is 1. The van der Waals surface area contributed by atoms with E-state index in [1.807, 2.05) is 4.90 Å². The highest BCUT2D eigenvalue weighted by atomic mass is 16.7. The van der Waals surface area contributed by atoms with E-state index in [0.717, 1.165) is 78.4 Å². The van der Waals surface area contributed by atoms with Crippen LogP contribution in [-0.4, -0.2) is 118 Å². The summed E-state index contributed by atoms with van der Waals surface area (Å²) in [6, 6.07) is 0.